The van der Waals surface area contributed by atoms with E-state index in [1.165, 1.54) is 0 Å². The highest BCUT2D eigenvalue weighted by Crippen LogP contribution is 2.29. The van der Waals surface area contributed by atoms with Crippen LogP contribution in [0.1, 0.15) is 17.9 Å². The van der Waals surface area contributed by atoms with Crippen LogP contribution in [-0.4, -0.2) is 10.1 Å². The third kappa shape index (κ3) is 1.68. The van der Waals surface area contributed by atoms with Crippen molar-refractivity contribution in [1.82, 2.24) is 4.98 Å². The molecule has 13 heavy (non-hydrogen) atoms. The lowest BCUT2D eigenvalue weighted by molar-refractivity contribution is 0.203. The maximum atomic E-state index is 9.34. The molecule has 1 atom stereocenters. The van der Waals surface area contributed by atoms with E-state index in [4.69, 9.17) is 11.6 Å². The normalized spacial score (nSPS) is 13.5. The second-order valence-electron chi connectivity index (χ2n) is 2.84. The summed E-state index contributed by atoms with van der Waals surface area (Å²) in [6, 6.07) is 5.55. The monoisotopic (exact) mass is 213 g/mol. The van der Waals surface area contributed by atoms with E-state index in [0.717, 1.165) is 15.1 Å². The minimum atomic E-state index is -0.432. The number of thiophene rings is 1. The minimum absolute atomic E-state index is 0.432. The van der Waals surface area contributed by atoms with E-state index in [1.807, 2.05) is 12.1 Å². The zero-order valence-corrected chi connectivity index (χ0v) is 8.56. The first-order valence-corrected chi connectivity index (χ1v) is 5.10. The van der Waals surface area contributed by atoms with Crippen molar-refractivity contribution in [2.24, 2.45) is 0 Å². The molecule has 0 aliphatic rings. The van der Waals surface area contributed by atoms with Gasteiger partial charge in [0.2, 0.25) is 0 Å². The summed E-state index contributed by atoms with van der Waals surface area (Å²) in [5.41, 5.74) is 0.855. The number of halogens is 1. The largest absolute Gasteiger partial charge is 0.388 e. The molecule has 4 heteroatoms. The number of rotatable bonds is 1. The molecule has 0 aromatic carbocycles. The molecule has 0 aliphatic heterocycles. The Balaban J connectivity index is 2.62. The second-order valence-corrected chi connectivity index (χ2v) is 4.34. The Labute approximate surface area is 84.8 Å². The van der Waals surface area contributed by atoms with E-state index in [1.54, 1.807) is 24.3 Å². The molecule has 1 N–H and O–H groups in total. The van der Waals surface area contributed by atoms with Crippen LogP contribution in [0.4, 0.5) is 0 Å². The molecule has 68 valence electrons. The number of hydrogen-bond donors (Lipinski definition) is 1. The predicted octanol–water partition coefficient (Wildman–Crippen LogP) is 3.00. The van der Waals surface area contributed by atoms with Gasteiger partial charge < -0.3 is 5.11 Å². The fraction of sp³-hybridized carbons (Fsp3) is 0.222. The Morgan fingerprint density at radius 2 is 2.31 bits per heavy atom. The summed E-state index contributed by atoms with van der Waals surface area (Å²) in [4.78, 5) is 5.06. The Morgan fingerprint density at radius 3 is 3.00 bits per heavy atom. The zero-order chi connectivity index (χ0) is 9.42. The van der Waals surface area contributed by atoms with Gasteiger partial charge in [0.05, 0.1) is 16.3 Å². The van der Waals surface area contributed by atoms with Crippen LogP contribution < -0.4 is 0 Å². The lowest BCUT2D eigenvalue weighted by Gasteiger charge is -1.95. The summed E-state index contributed by atoms with van der Waals surface area (Å²) in [5.74, 6) is 0. The second kappa shape index (κ2) is 3.25. The standard InChI is InChI=1S/C9H8ClNOS/c1-5(12)8-4-6-7(13-8)2-3-9(10)11-6/h2-5,12H,1H3/t5-/m0/s1. The van der Waals surface area contributed by atoms with Crippen molar-refractivity contribution in [2.75, 3.05) is 0 Å². The lowest BCUT2D eigenvalue weighted by atomic mass is 10.3. The van der Waals surface area contributed by atoms with E-state index in [2.05, 4.69) is 4.98 Å². The molecule has 0 saturated carbocycles. The van der Waals surface area contributed by atoms with Gasteiger partial charge in [-0.2, -0.15) is 0 Å². The summed E-state index contributed by atoms with van der Waals surface area (Å²) in [5, 5.41) is 9.83. The number of hydrogen-bond acceptors (Lipinski definition) is 3. The molecule has 0 amide bonds. The fourth-order valence-electron chi connectivity index (χ4n) is 1.12. The summed E-state index contributed by atoms with van der Waals surface area (Å²) in [7, 11) is 0. The van der Waals surface area contributed by atoms with Gasteiger partial charge in [-0.1, -0.05) is 11.6 Å². The fourth-order valence-corrected chi connectivity index (χ4v) is 2.22. The number of aliphatic hydroxyl groups excluding tert-OH is 1. The molecule has 0 bridgehead atoms. The van der Waals surface area contributed by atoms with E-state index in [0.29, 0.717) is 5.15 Å². The van der Waals surface area contributed by atoms with Crippen LogP contribution in [0.2, 0.25) is 5.15 Å². The molecular weight excluding hydrogens is 206 g/mol. The number of aliphatic hydroxyl groups is 1. The highest BCUT2D eigenvalue weighted by molar-refractivity contribution is 7.19. The smallest absolute Gasteiger partial charge is 0.129 e. The van der Waals surface area contributed by atoms with Crippen molar-refractivity contribution in [3.8, 4) is 0 Å². The van der Waals surface area contributed by atoms with Crippen molar-refractivity contribution in [3.05, 3.63) is 28.2 Å². The summed E-state index contributed by atoms with van der Waals surface area (Å²) in [6.07, 6.45) is -0.432. The Hall–Kier alpha value is -0.640. The Morgan fingerprint density at radius 1 is 1.54 bits per heavy atom. The molecule has 0 radical (unpaired) electrons. The highest BCUT2D eigenvalue weighted by Gasteiger charge is 2.07. The van der Waals surface area contributed by atoms with E-state index < -0.39 is 6.10 Å². The van der Waals surface area contributed by atoms with Gasteiger partial charge in [-0.15, -0.1) is 11.3 Å². The van der Waals surface area contributed by atoms with Gasteiger partial charge in [-0.25, -0.2) is 4.98 Å². The van der Waals surface area contributed by atoms with Gasteiger partial charge in [0.15, 0.2) is 0 Å². The molecule has 2 aromatic heterocycles. The molecule has 2 nitrogen and oxygen atoms in total. The van der Waals surface area contributed by atoms with E-state index >= 15 is 0 Å². The van der Waals surface area contributed by atoms with Gasteiger partial charge in [0.1, 0.15) is 5.15 Å². The number of nitrogens with zero attached hydrogens (tertiary/aromatic N) is 1. The van der Waals surface area contributed by atoms with Crippen LogP contribution in [0.5, 0.6) is 0 Å². The van der Waals surface area contributed by atoms with Gasteiger partial charge >= 0.3 is 0 Å². The first-order valence-electron chi connectivity index (χ1n) is 3.91. The molecule has 0 fully saturated rings. The summed E-state index contributed by atoms with van der Waals surface area (Å²) < 4.78 is 1.06. The maximum absolute atomic E-state index is 9.34. The lowest BCUT2D eigenvalue weighted by Crippen LogP contribution is -1.83. The molecule has 0 spiro atoms. The summed E-state index contributed by atoms with van der Waals surface area (Å²) >= 11 is 7.28. The van der Waals surface area contributed by atoms with Crippen molar-refractivity contribution in [2.45, 2.75) is 13.0 Å². The third-order valence-electron chi connectivity index (χ3n) is 1.77. The SMILES string of the molecule is C[C@H](O)c1cc2nc(Cl)ccc2s1. The maximum Gasteiger partial charge on any atom is 0.129 e. The molecule has 2 heterocycles. The van der Waals surface area contributed by atoms with E-state index in [9.17, 15) is 5.11 Å². The zero-order valence-electron chi connectivity index (χ0n) is 6.99. The topological polar surface area (TPSA) is 33.1 Å². The Kier molecular flexibility index (Phi) is 2.24. The number of fused-ring (bicyclic) bond motifs is 1. The van der Waals surface area contributed by atoms with Crippen LogP contribution in [0.25, 0.3) is 10.2 Å². The molecular formula is C9H8ClNOS. The van der Waals surface area contributed by atoms with Crippen molar-refractivity contribution in [3.63, 3.8) is 0 Å². The average Bonchev–Trinajstić information content (AvgIpc) is 2.46. The quantitative estimate of drug-likeness (QED) is 0.739. The van der Waals surface area contributed by atoms with Crippen LogP contribution >= 0.6 is 22.9 Å². The predicted molar refractivity (Wildman–Crippen MR) is 55.3 cm³/mol. The van der Waals surface area contributed by atoms with Crippen molar-refractivity contribution < 1.29 is 5.11 Å². The highest BCUT2D eigenvalue weighted by atomic mass is 35.5. The minimum Gasteiger partial charge on any atom is -0.388 e. The average molecular weight is 214 g/mol. The molecule has 2 rings (SSSR count). The number of pyridine rings is 1. The van der Waals surface area contributed by atoms with Crippen LogP contribution in [0, 0.1) is 0 Å². The van der Waals surface area contributed by atoms with Gasteiger partial charge in [0, 0.05) is 4.88 Å². The van der Waals surface area contributed by atoms with Crippen LogP contribution in [-0.2, 0) is 0 Å². The van der Waals surface area contributed by atoms with Crippen molar-refractivity contribution in [1.29, 1.82) is 0 Å². The van der Waals surface area contributed by atoms with Gasteiger partial charge in [-0.05, 0) is 25.1 Å². The van der Waals surface area contributed by atoms with E-state index in [-0.39, 0.29) is 0 Å². The first-order chi connectivity index (χ1) is 6.16. The van der Waals surface area contributed by atoms with Gasteiger partial charge in [0.25, 0.3) is 0 Å². The summed E-state index contributed by atoms with van der Waals surface area (Å²) in [6.45, 7) is 1.74. The molecule has 0 unspecified atom stereocenters. The third-order valence-corrected chi connectivity index (χ3v) is 3.24. The van der Waals surface area contributed by atoms with Crippen molar-refractivity contribution >= 4 is 33.2 Å². The van der Waals surface area contributed by atoms with Crippen LogP contribution in [0.3, 0.4) is 0 Å². The molecule has 0 saturated heterocycles. The van der Waals surface area contributed by atoms with Crippen LogP contribution in [0.15, 0.2) is 18.2 Å². The number of aromatic nitrogens is 1. The first kappa shape index (κ1) is 8.94. The molecule has 2 aromatic rings. The molecule has 0 aliphatic carbocycles. The van der Waals surface area contributed by atoms with Gasteiger partial charge in [-0.3, -0.25) is 0 Å². The Bertz CT molecular complexity index is 438.